The molecule has 4 aromatic rings. The summed E-state index contributed by atoms with van der Waals surface area (Å²) in [5.41, 5.74) is 7.71. The lowest BCUT2D eigenvalue weighted by molar-refractivity contribution is 1.44. The minimum atomic E-state index is 0.919. The van der Waals surface area contributed by atoms with Crippen LogP contribution in [0.25, 0.3) is 22.3 Å². The van der Waals surface area contributed by atoms with E-state index in [1.165, 1.54) is 33.4 Å². The first-order chi connectivity index (χ1) is 13.8. The standard InChI is InChI=1S/2C13H11Br/c2*14-10-11-6-8-13(9-7-11)12-4-2-1-3-5-12/h2*1-9H,10H2. The molecular weight excluding hydrogens is 472 g/mol. The van der Waals surface area contributed by atoms with E-state index in [2.05, 4.69) is 129 Å². The summed E-state index contributed by atoms with van der Waals surface area (Å²) in [6.45, 7) is 0. The maximum absolute atomic E-state index is 3.44. The van der Waals surface area contributed by atoms with Crippen LogP contribution in [0.15, 0.2) is 109 Å². The molecule has 0 unspecified atom stereocenters. The van der Waals surface area contributed by atoms with Crippen LogP contribution in [0.1, 0.15) is 11.1 Å². The van der Waals surface area contributed by atoms with E-state index in [0.29, 0.717) is 0 Å². The Morgan fingerprint density at radius 1 is 0.357 bits per heavy atom. The first-order valence-electron chi connectivity index (χ1n) is 9.21. The smallest absolute Gasteiger partial charge is 0.0283 e. The molecule has 0 N–H and O–H groups in total. The van der Waals surface area contributed by atoms with Crippen molar-refractivity contribution in [3.8, 4) is 22.3 Å². The molecule has 0 fully saturated rings. The van der Waals surface area contributed by atoms with Gasteiger partial charge in [-0.3, -0.25) is 0 Å². The molecule has 0 saturated carbocycles. The van der Waals surface area contributed by atoms with Gasteiger partial charge in [0.15, 0.2) is 0 Å². The fraction of sp³-hybridized carbons (Fsp3) is 0.0769. The first-order valence-corrected chi connectivity index (χ1v) is 11.4. The van der Waals surface area contributed by atoms with E-state index in [-0.39, 0.29) is 0 Å². The Morgan fingerprint density at radius 2 is 0.643 bits per heavy atom. The van der Waals surface area contributed by atoms with Crippen LogP contribution in [-0.2, 0) is 10.7 Å². The number of hydrogen-bond donors (Lipinski definition) is 0. The summed E-state index contributed by atoms with van der Waals surface area (Å²) in [4.78, 5) is 0. The van der Waals surface area contributed by atoms with Gasteiger partial charge in [0.05, 0.1) is 0 Å². The third kappa shape index (κ3) is 5.92. The maximum Gasteiger partial charge on any atom is 0.0283 e. The highest BCUT2D eigenvalue weighted by atomic mass is 79.9. The summed E-state index contributed by atoms with van der Waals surface area (Å²) in [5, 5.41) is 1.84. The predicted octanol–water partition coefficient (Wildman–Crippen LogP) is 8.50. The SMILES string of the molecule is BrCc1ccc(-c2ccccc2)cc1.BrCc1ccc(-c2ccccc2)cc1. The highest BCUT2D eigenvalue weighted by Gasteiger charge is 1.96. The minimum Gasteiger partial charge on any atom is -0.0876 e. The van der Waals surface area contributed by atoms with Gasteiger partial charge in [0.25, 0.3) is 0 Å². The zero-order valence-corrected chi connectivity index (χ0v) is 18.7. The molecule has 4 aromatic carbocycles. The largest absolute Gasteiger partial charge is 0.0876 e. The molecule has 0 radical (unpaired) electrons. The Morgan fingerprint density at radius 3 is 0.929 bits per heavy atom. The Balaban J connectivity index is 0.000000161. The molecule has 0 aliphatic rings. The van der Waals surface area contributed by atoms with Gasteiger partial charge in [-0.15, -0.1) is 0 Å². The lowest BCUT2D eigenvalue weighted by Crippen LogP contribution is -1.79. The van der Waals surface area contributed by atoms with Crippen LogP contribution in [0.5, 0.6) is 0 Å². The molecule has 0 atom stereocenters. The Bertz CT molecular complexity index is 862. The van der Waals surface area contributed by atoms with Crippen molar-refractivity contribution in [2.45, 2.75) is 10.7 Å². The lowest BCUT2D eigenvalue weighted by Gasteiger charge is -2.01. The molecule has 2 heteroatoms. The van der Waals surface area contributed by atoms with Crippen molar-refractivity contribution < 1.29 is 0 Å². The molecule has 4 rings (SSSR count). The minimum absolute atomic E-state index is 0.919. The number of benzene rings is 4. The lowest BCUT2D eigenvalue weighted by atomic mass is 10.0. The molecule has 0 aliphatic heterocycles. The second-order valence-electron chi connectivity index (χ2n) is 6.39. The third-order valence-electron chi connectivity index (χ3n) is 4.43. The van der Waals surface area contributed by atoms with Gasteiger partial charge in [0, 0.05) is 10.7 Å². The summed E-state index contributed by atoms with van der Waals surface area (Å²) < 4.78 is 0. The second-order valence-corrected chi connectivity index (χ2v) is 7.51. The topological polar surface area (TPSA) is 0 Å². The average molecular weight is 494 g/mol. The molecule has 140 valence electrons. The van der Waals surface area contributed by atoms with E-state index >= 15 is 0 Å². The van der Waals surface area contributed by atoms with Crippen molar-refractivity contribution in [2.24, 2.45) is 0 Å². The van der Waals surface area contributed by atoms with E-state index in [4.69, 9.17) is 0 Å². The zero-order chi connectivity index (χ0) is 19.6. The van der Waals surface area contributed by atoms with Crippen LogP contribution < -0.4 is 0 Å². The first kappa shape index (κ1) is 20.6. The molecule has 0 heterocycles. The average Bonchev–Trinajstić information content (AvgIpc) is 2.81. The Kier molecular flexibility index (Phi) is 8.07. The van der Waals surface area contributed by atoms with Gasteiger partial charge in [0.2, 0.25) is 0 Å². The molecular formula is C26H22Br2. The summed E-state index contributed by atoms with van der Waals surface area (Å²) >= 11 is 6.88. The van der Waals surface area contributed by atoms with E-state index < -0.39 is 0 Å². The highest BCUT2D eigenvalue weighted by molar-refractivity contribution is 9.08. The normalized spacial score (nSPS) is 10.1. The summed E-state index contributed by atoms with van der Waals surface area (Å²) in [5.74, 6) is 0. The quantitative estimate of drug-likeness (QED) is 0.250. The summed E-state index contributed by atoms with van der Waals surface area (Å²) in [6, 6.07) is 38.1. The predicted molar refractivity (Wildman–Crippen MR) is 129 cm³/mol. The van der Waals surface area contributed by atoms with E-state index in [1.807, 2.05) is 12.1 Å². The van der Waals surface area contributed by atoms with Gasteiger partial charge in [-0.2, -0.15) is 0 Å². The van der Waals surface area contributed by atoms with E-state index in [0.717, 1.165) is 10.7 Å². The highest BCUT2D eigenvalue weighted by Crippen LogP contribution is 2.20. The molecule has 28 heavy (non-hydrogen) atoms. The number of hydrogen-bond acceptors (Lipinski definition) is 0. The van der Waals surface area contributed by atoms with Crippen LogP contribution in [0.2, 0.25) is 0 Å². The molecule has 0 bridgehead atoms. The molecule has 0 spiro atoms. The molecule has 0 nitrogen and oxygen atoms in total. The Labute approximate surface area is 184 Å². The van der Waals surface area contributed by atoms with Crippen molar-refractivity contribution in [1.82, 2.24) is 0 Å². The van der Waals surface area contributed by atoms with Crippen LogP contribution in [0, 0.1) is 0 Å². The van der Waals surface area contributed by atoms with Gasteiger partial charge < -0.3 is 0 Å². The summed E-state index contributed by atoms with van der Waals surface area (Å²) in [6.07, 6.45) is 0. The number of rotatable bonds is 4. The van der Waals surface area contributed by atoms with Crippen molar-refractivity contribution in [3.63, 3.8) is 0 Å². The van der Waals surface area contributed by atoms with Crippen molar-refractivity contribution >= 4 is 31.9 Å². The van der Waals surface area contributed by atoms with Crippen LogP contribution in [-0.4, -0.2) is 0 Å². The monoisotopic (exact) mass is 492 g/mol. The molecule has 0 amide bonds. The van der Waals surface area contributed by atoms with Crippen LogP contribution in [0.3, 0.4) is 0 Å². The molecule has 0 saturated heterocycles. The van der Waals surface area contributed by atoms with Crippen LogP contribution >= 0.6 is 31.9 Å². The fourth-order valence-corrected chi connectivity index (χ4v) is 3.58. The van der Waals surface area contributed by atoms with Crippen molar-refractivity contribution in [2.75, 3.05) is 0 Å². The molecule has 0 aliphatic carbocycles. The van der Waals surface area contributed by atoms with E-state index in [9.17, 15) is 0 Å². The number of alkyl halides is 2. The van der Waals surface area contributed by atoms with Gasteiger partial charge in [-0.1, -0.05) is 141 Å². The van der Waals surface area contributed by atoms with Gasteiger partial charge >= 0.3 is 0 Å². The van der Waals surface area contributed by atoms with Gasteiger partial charge in [-0.25, -0.2) is 0 Å². The third-order valence-corrected chi connectivity index (χ3v) is 5.73. The number of halogens is 2. The fourth-order valence-electron chi connectivity index (χ4n) is 2.83. The maximum atomic E-state index is 3.44. The Hall–Kier alpha value is -2.16. The summed E-state index contributed by atoms with van der Waals surface area (Å²) in [7, 11) is 0. The van der Waals surface area contributed by atoms with Crippen LogP contribution in [0.4, 0.5) is 0 Å². The molecule has 0 aromatic heterocycles. The second kappa shape index (κ2) is 11.0. The van der Waals surface area contributed by atoms with Crippen molar-refractivity contribution in [1.29, 1.82) is 0 Å². The van der Waals surface area contributed by atoms with Gasteiger partial charge in [-0.05, 0) is 33.4 Å². The van der Waals surface area contributed by atoms with Crippen molar-refractivity contribution in [3.05, 3.63) is 120 Å². The van der Waals surface area contributed by atoms with Gasteiger partial charge in [0.1, 0.15) is 0 Å². The van der Waals surface area contributed by atoms with E-state index in [1.54, 1.807) is 0 Å². The zero-order valence-electron chi connectivity index (χ0n) is 15.6.